The Morgan fingerprint density at radius 3 is 3.08 bits per heavy atom. The number of thiophene rings is 1. The molecule has 3 heterocycles. The number of aliphatic hydroxyl groups is 1. The standard InChI is InChI=1S/C19H25N3O3S/c1-25-18-15(8-5-10-20-18)21-19(24)22-11-4-2-3-7-14(22)13-16(23)17-9-6-12-26-17/h5-6,8-10,12,14,16,23H,2-4,7,11,13H2,1H3,(H,21,24)/t14-,16+/m0/s1. The fraction of sp³-hybridized carbons (Fsp3) is 0.474. The fourth-order valence-electron chi connectivity index (χ4n) is 3.38. The second-order valence-corrected chi connectivity index (χ2v) is 7.43. The maximum absolute atomic E-state index is 12.9. The zero-order valence-corrected chi connectivity index (χ0v) is 15.7. The van der Waals surface area contributed by atoms with Gasteiger partial charge in [-0.25, -0.2) is 9.78 Å². The van der Waals surface area contributed by atoms with Crippen molar-refractivity contribution in [3.05, 3.63) is 40.7 Å². The summed E-state index contributed by atoms with van der Waals surface area (Å²) >= 11 is 1.55. The molecule has 3 rings (SSSR count). The number of carbonyl (C=O) groups is 1. The van der Waals surface area contributed by atoms with Crippen LogP contribution in [0.15, 0.2) is 35.8 Å². The molecule has 7 heteroatoms. The Morgan fingerprint density at radius 1 is 1.42 bits per heavy atom. The number of nitrogens with one attached hydrogen (secondary N) is 1. The first-order valence-electron chi connectivity index (χ1n) is 8.97. The lowest BCUT2D eigenvalue weighted by molar-refractivity contribution is 0.118. The first-order valence-corrected chi connectivity index (χ1v) is 9.85. The number of pyridine rings is 1. The van der Waals surface area contributed by atoms with Gasteiger partial charge in [0.1, 0.15) is 5.69 Å². The Labute approximate surface area is 157 Å². The summed E-state index contributed by atoms with van der Waals surface area (Å²) in [6, 6.07) is 7.26. The number of hydrogen-bond acceptors (Lipinski definition) is 5. The Balaban J connectivity index is 1.72. The summed E-state index contributed by atoms with van der Waals surface area (Å²) in [7, 11) is 1.53. The summed E-state index contributed by atoms with van der Waals surface area (Å²) in [5, 5.41) is 15.4. The molecule has 0 aliphatic carbocycles. The predicted octanol–water partition coefficient (Wildman–Crippen LogP) is 4.05. The second-order valence-electron chi connectivity index (χ2n) is 6.45. The van der Waals surface area contributed by atoms with Gasteiger partial charge in [-0.2, -0.15) is 0 Å². The van der Waals surface area contributed by atoms with Gasteiger partial charge in [0.25, 0.3) is 0 Å². The Bertz CT molecular complexity index is 708. The molecule has 1 aliphatic rings. The molecule has 1 saturated heterocycles. The second kappa shape index (κ2) is 9.00. The monoisotopic (exact) mass is 375 g/mol. The van der Waals surface area contributed by atoms with Gasteiger partial charge < -0.3 is 20.1 Å². The minimum atomic E-state index is -0.540. The van der Waals surface area contributed by atoms with Gasteiger partial charge in [0, 0.05) is 23.7 Å². The van der Waals surface area contributed by atoms with Gasteiger partial charge in [-0.05, 0) is 42.8 Å². The van der Waals surface area contributed by atoms with E-state index in [-0.39, 0.29) is 12.1 Å². The van der Waals surface area contributed by atoms with Crippen LogP contribution in [0, 0.1) is 0 Å². The maximum atomic E-state index is 12.9. The molecular formula is C19H25N3O3S. The highest BCUT2D eigenvalue weighted by Crippen LogP contribution is 2.29. The molecule has 1 fully saturated rings. The average molecular weight is 375 g/mol. The van der Waals surface area contributed by atoms with Crippen LogP contribution in [-0.4, -0.2) is 40.7 Å². The zero-order chi connectivity index (χ0) is 18.4. The van der Waals surface area contributed by atoms with E-state index in [2.05, 4.69) is 10.3 Å². The molecular weight excluding hydrogens is 350 g/mol. The van der Waals surface area contributed by atoms with Crippen LogP contribution in [0.4, 0.5) is 10.5 Å². The highest BCUT2D eigenvalue weighted by Gasteiger charge is 2.28. The van der Waals surface area contributed by atoms with E-state index in [9.17, 15) is 9.90 Å². The molecule has 6 nitrogen and oxygen atoms in total. The van der Waals surface area contributed by atoms with Crippen LogP contribution in [0.5, 0.6) is 5.88 Å². The van der Waals surface area contributed by atoms with Crippen molar-refractivity contribution in [3.8, 4) is 5.88 Å². The van der Waals surface area contributed by atoms with Crippen molar-refractivity contribution >= 4 is 23.1 Å². The van der Waals surface area contributed by atoms with Gasteiger partial charge in [-0.1, -0.05) is 18.9 Å². The molecule has 26 heavy (non-hydrogen) atoms. The van der Waals surface area contributed by atoms with E-state index >= 15 is 0 Å². The molecule has 0 bridgehead atoms. The van der Waals surface area contributed by atoms with Crippen LogP contribution in [0.25, 0.3) is 0 Å². The number of hydrogen-bond donors (Lipinski definition) is 2. The number of ether oxygens (including phenoxy) is 1. The summed E-state index contributed by atoms with van der Waals surface area (Å²) < 4.78 is 5.22. The lowest BCUT2D eigenvalue weighted by Crippen LogP contribution is -2.43. The van der Waals surface area contributed by atoms with Crippen molar-refractivity contribution < 1.29 is 14.6 Å². The van der Waals surface area contributed by atoms with Crippen LogP contribution < -0.4 is 10.1 Å². The largest absolute Gasteiger partial charge is 0.480 e. The maximum Gasteiger partial charge on any atom is 0.322 e. The highest BCUT2D eigenvalue weighted by molar-refractivity contribution is 7.10. The Hall–Kier alpha value is -2.12. The molecule has 2 aromatic rings. The molecule has 1 aliphatic heterocycles. The van der Waals surface area contributed by atoms with Crippen molar-refractivity contribution in [3.63, 3.8) is 0 Å². The molecule has 0 unspecified atom stereocenters. The van der Waals surface area contributed by atoms with Crippen LogP contribution in [0.1, 0.15) is 43.1 Å². The molecule has 2 N–H and O–H groups in total. The molecule has 0 radical (unpaired) electrons. The van der Waals surface area contributed by atoms with E-state index in [1.54, 1.807) is 29.7 Å². The Morgan fingerprint density at radius 2 is 2.31 bits per heavy atom. The fourth-order valence-corrected chi connectivity index (χ4v) is 4.10. The topological polar surface area (TPSA) is 74.7 Å². The molecule has 140 valence electrons. The number of carbonyl (C=O) groups excluding carboxylic acids is 1. The van der Waals surface area contributed by atoms with Gasteiger partial charge in [-0.3, -0.25) is 0 Å². The minimum Gasteiger partial charge on any atom is -0.480 e. The van der Waals surface area contributed by atoms with Crippen molar-refractivity contribution in [2.45, 2.75) is 44.2 Å². The number of methoxy groups -OCH3 is 1. The predicted molar refractivity (Wildman–Crippen MR) is 103 cm³/mol. The van der Waals surface area contributed by atoms with E-state index in [1.807, 2.05) is 22.4 Å². The number of urea groups is 1. The first kappa shape index (κ1) is 18.7. The number of amides is 2. The van der Waals surface area contributed by atoms with Gasteiger partial charge in [0.15, 0.2) is 0 Å². The number of nitrogens with zero attached hydrogens (tertiary/aromatic N) is 2. The third kappa shape index (κ3) is 4.53. The van der Waals surface area contributed by atoms with Gasteiger partial charge in [0.2, 0.25) is 5.88 Å². The number of likely N-dealkylation sites (tertiary alicyclic amines) is 1. The van der Waals surface area contributed by atoms with Gasteiger partial charge in [0.05, 0.1) is 13.2 Å². The van der Waals surface area contributed by atoms with Crippen molar-refractivity contribution in [1.82, 2.24) is 9.88 Å². The summed E-state index contributed by atoms with van der Waals surface area (Å²) in [5.74, 6) is 0.394. The molecule has 2 atom stereocenters. The highest BCUT2D eigenvalue weighted by atomic mass is 32.1. The molecule has 2 aromatic heterocycles. The number of aromatic nitrogens is 1. The SMILES string of the molecule is COc1ncccc1NC(=O)N1CCCCC[C@H]1C[C@@H](O)c1cccs1. The summed E-state index contributed by atoms with van der Waals surface area (Å²) in [5.41, 5.74) is 0.557. The van der Waals surface area contributed by atoms with Crippen LogP contribution in [-0.2, 0) is 0 Å². The quantitative estimate of drug-likeness (QED) is 0.827. The van der Waals surface area contributed by atoms with E-state index in [4.69, 9.17) is 4.74 Å². The third-order valence-corrected chi connectivity index (χ3v) is 5.68. The van der Waals surface area contributed by atoms with E-state index in [0.717, 1.165) is 30.6 Å². The lowest BCUT2D eigenvalue weighted by Gasteiger charge is -2.31. The Kier molecular flexibility index (Phi) is 6.46. The molecule has 0 spiro atoms. The first-order chi connectivity index (χ1) is 12.7. The molecule has 0 aromatic carbocycles. The summed E-state index contributed by atoms with van der Waals surface area (Å²) in [6.07, 6.45) is 5.69. The van der Waals surface area contributed by atoms with E-state index in [0.29, 0.717) is 24.5 Å². The molecule has 0 saturated carbocycles. The minimum absolute atomic E-state index is 0.0114. The third-order valence-electron chi connectivity index (χ3n) is 4.71. The number of rotatable bonds is 5. The lowest BCUT2D eigenvalue weighted by atomic mass is 10.0. The average Bonchev–Trinajstić information content (AvgIpc) is 3.09. The van der Waals surface area contributed by atoms with E-state index < -0.39 is 6.10 Å². The van der Waals surface area contributed by atoms with Crippen molar-refractivity contribution in [1.29, 1.82) is 0 Å². The van der Waals surface area contributed by atoms with E-state index in [1.165, 1.54) is 7.11 Å². The van der Waals surface area contributed by atoms with Crippen LogP contribution in [0.3, 0.4) is 0 Å². The van der Waals surface area contributed by atoms with Crippen molar-refractivity contribution in [2.24, 2.45) is 0 Å². The smallest absolute Gasteiger partial charge is 0.322 e. The van der Waals surface area contributed by atoms with Gasteiger partial charge >= 0.3 is 6.03 Å². The summed E-state index contributed by atoms with van der Waals surface area (Å²) in [4.78, 5) is 19.8. The molecule has 2 amide bonds. The van der Waals surface area contributed by atoms with Crippen LogP contribution in [0.2, 0.25) is 0 Å². The summed E-state index contributed by atoms with van der Waals surface area (Å²) in [6.45, 7) is 0.691. The number of anilines is 1. The van der Waals surface area contributed by atoms with Gasteiger partial charge in [-0.15, -0.1) is 11.3 Å². The number of aliphatic hydroxyl groups excluding tert-OH is 1. The van der Waals surface area contributed by atoms with Crippen molar-refractivity contribution in [2.75, 3.05) is 19.0 Å². The van der Waals surface area contributed by atoms with Crippen LogP contribution >= 0.6 is 11.3 Å². The normalized spacial score (nSPS) is 18.8. The zero-order valence-electron chi connectivity index (χ0n) is 14.9.